The molecular formula is C17H21N3O2. The third-order valence-electron chi connectivity index (χ3n) is 4.19. The van der Waals surface area contributed by atoms with Crippen LogP contribution in [0.3, 0.4) is 0 Å². The van der Waals surface area contributed by atoms with Gasteiger partial charge in [0.25, 0.3) is 0 Å². The van der Waals surface area contributed by atoms with Gasteiger partial charge in [0.2, 0.25) is 5.91 Å². The Labute approximate surface area is 130 Å². The Morgan fingerprint density at radius 2 is 2.09 bits per heavy atom. The standard InChI is InChI=1S/C17H21N3O2/c21-15-10-14(11-15)17(22)19-12-16-18-7-9-20(16)8-6-13-4-2-1-3-5-13/h1-5,7,9,14-15,21H,6,8,10-12H2,(H,19,22). The van der Waals surface area contributed by atoms with Crippen LogP contribution in [-0.2, 0) is 24.3 Å². The van der Waals surface area contributed by atoms with Gasteiger partial charge in [-0.3, -0.25) is 4.79 Å². The molecule has 0 radical (unpaired) electrons. The minimum absolute atomic E-state index is 0.0166. The summed E-state index contributed by atoms with van der Waals surface area (Å²) in [6.45, 7) is 1.28. The van der Waals surface area contributed by atoms with E-state index in [0.717, 1.165) is 18.8 Å². The lowest BCUT2D eigenvalue weighted by atomic mass is 9.82. The van der Waals surface area contributed by atoms with Crippen LogP contribution in [0.5, 0.6) is 0 Å². The predicted octanol–water partition coefficient (Wildman–Crippen LogP) is 1.51. The minimum atomic E-state index is -0.302. The van der Waals surface area contributed by atoms with Gasteiger partial charge in [0.1, 0.15) is 5.82 Å². The second-order valence-corrected chi connectivity index (χ2v) is 5.81. The van der Waals surface area contributed by atoms with Crippen molar-refractivity contribution in [3.63, 3.8) is 0 Å². The zero-order valence-electron chi connectivity index (χ0n) is 12.5. The van der Waals surface area contributed by atoms with Crippen molar-refractivity contribution in [3.05, 3.63) is 54.1 Å². The van der Waals surface area contributed by atoms with Gasteiger partial charge in [0.05, 0.1) is 12.6 Å². The predicted molar refractivity (Wildman–Crippen MR) is 83.0 cm³/mol. The third-order valence-corrected chi connectivity index (χ3v) is 4.19. The molecule has 1 fully saturated rings. The summed E-state index contributed by atoms with van der Waals surface area (Å²) in [4.78, 5) is 16.2. The van der Waals surface area contributed by atoms with Gasteiger partial charge in [-0.15, -0.1) is 0 Å². The van der Waals surface area contributed by atoms with Crippen LogP contribution in [0.2, 0.25) is 0 Å². The molecule has 0 saturated heterocycles. The summed E-state index contributed by atoms with van der Waals surface area (Å²) in [5.74, 6) is 0.842. The Hall–Kier alpha value is -2.14. The SMILES string of the molecule is O=C(NCc1nccn1CCc1ccccc1)C1CC(O)C1. The molecule has 5 heteroatoms. The molecule has 1 heterocycles. The molecule has 1 aromatic heterocycles. The Kier molecular flexibility index (Phi) is 4.53. The molecule has 22 heavy (non-hydrogen) atoms. The second-order valence-electron chi connectivity index (χ2n) is 5.81. The van der Waals surface area contributed by atoms with Gasteiger partial charge in [-0.1, -0.05) is 30.3 Å². The van der Waals surface area contributed by atoms with E-state index in [-0.39, 0.29) is 17.9 Å². The van der Waals surface area contributed by atoms with E-state index < -0.39 is 0 Å². The van der Waals surface area contributed by atoms with Gasteiger partial charge >= 0.3 is 0 Å². The third kappa shape index (κ3) is 3.54. The summed E-state index contributed by atoms with van der Waals surface area (Å²) in [5, 5.41) is 12.2. The van der Waals surface area contributed by atoms with Crippen molar-refractivity contribution in [2.75, 3.05) is 0 Å². The number of aryl methyl sites for hydroxylation is 2. The minimum Gasteiger partial charge on any atom is -0.393 e. The van der Waals surface area contributed by atoms with E-state index in [9.17, 15) is 9.90 Å². The molecule has 1 aromatic carbocycles. The zero-order valence-corrected chi connectivity index (χ0v) is 12.5. The summed E-state index contributed by atoms with van der Waals surface area (Å²) in [6.07, 6.45) is 5.50. The first-order valence-corrected chi connectivity index (χ1v) is 7.72. The van der Waals surface area contributed by atoms with Crippen LogP contribution < -0.4 is 5.32 Å². The highest BCUT2D eigenvalue weighted by atomic mass is 16.3. The van der Waals surface area contributed by atoms with Gasteiger partial charge in [0.15, 0.2) is 0 Å². The smallest absolute Gasteiger partial charge is 0.223 e. The fourth-order valence-electron chi connectivity index (χ4n) is 2.72. The van der Waals surface area contributed by atoms with E-state index >= 15 is 0 Å². The number of hydrogen-bond acceptors (Lipinski definition) is 3. The first kappa shape index (κ1) is 14.8. The van der Waals surface area contributed by atoms with Crippen LogP contribution in [-0.4, -0.2) is 26.7 Å². The maximum absolute atomic E-state index is 11.9. The van der Waals surface area contributed by atoms with Crippen LogP contribution in [0.15, 0.2) is 42.7 Å². The zero-order chi connectivity index (χ0) is 15.4. The summed E-state index contributed by atoms with van der Waals surface area (Å²) in [6, 6.07) is 10.3. The molecule has 5 nitrogen and oxygen atoms in total. The number of carbonyl (C=O) groups is 1. The highest BCUT2D eigenvalue weighted by Gasteiger charge is 2.32. The fourth-order valence-corrected chi connectivity index (χ4v) is 2.72. The van der Waals surface area contributed by atoms with E-state index in [1.165, 1.54) is 5.56 Å². The van der Waals surface area contributed by atoms with Gasteiger partial charge < -0.3 is 15.0 Å². The van der Waals surface area contributed by atoms with Crippen molar-refractivity contribution in [2.45, 2.75) is 38.5 Å². The van der Waals surface area contributed by atoms with Gasteiger partial charge in [-0.05, 0) is 24.8 Å². The van der Waals surface area contributed by atoms with E-state index in [1.807, 2.05) is 24.4 Å². The Morgan fingerprint density at radius 3 is 2.82 bits per heavy atom. The second kappa shape index (κ2) is 6.75. The number of aromatic nitrogens is 2. The molecule has 0 atom stereocenters. The highest BCUT2D eigenvalue weighted by molar-refractivity contribution is 5.79. The van der Waals surface area contributed by atoms with Gasteiger partial charge in [0, 0.05) is 24.9 Å². The maximum atomic E-state index is 11.9. The summed E-state index contributed by atoms with van der Waals surface area (Å²) in [5.41, 5.74) is 1.29. The summed E-state index contributed by atoms with van der Waals surface area (Å²) < 4.78 is 2.07. The molecular weight excluding hydrogens is 278 g/mol. The highest BCUT2D eigenvalue weighted by Crippen LogP contribution is 2.27. The number of imidazole rings is 1. The van der Waals surface area contributed by atoms with Crippen LogP contribution >= 0.6 is 0 Å². The number of aliphatic hydroxyl groups is 1. The van der Waals surface area contributed by atoms with E-state index in [1.54, 1.807) is 6.20 Å². The largest absolute Gasteiger partial charge is 0.393 e. The van der Waals surface area contributed by atoms with E-state index in [0.29, 0.717) is 19.4 Å². The molecule has 116 valence electrons. The van der Waals surface area contributed by atoms with Crippen molar-refractivity contribution in [1.82, 2.24) is 14.9 Å². The van der Waals surface area contributed by atoms with Crippen LogP contribution in [0.1, 0.15) is 24.2 Å². The van der Waals surface area contributed by atoms with Gasteiger partial charge in [-0.25, -0.2) is 4.98 Å². The van der Waals surface area contributed by atoms with Crippen LogP contribution in [0.4, 0.5) is 0 Å². The lowest BCUT2D eigenvalue weighted by molar-refractivity contribution is -0.131. The van der Waals surface area contributed by atoms with E-state index in [4.69, 9.17) is 0 Å². The molecule has 0 spiro atoms. The molecule has 1 aliphatic carbocycles. The number of aliphatic hydroxyl groups excluding tert-OH is 1. The topological polar surface area (TPSA) is 67.2 Å². The molecule has 2 aromatic rings. The maximum Gasteiger partial charge on any atom is 0.223 e. The monoisotopic (exact) mass is 299 g/mol. The average Bonchev–Trinajstić information content (AvgIpc) is 2.96. The Morgan fingerprint density at radius 1 is 1.32 bits per heavy atom. The molecule has 0 bridgehead atoms. The van der Waals surface area contributed by atoms with Crippen LogP contribution in [0.25, 0.3) is 0 Å². The van der Waals surface area contributed by atoms with Crippen LogP contribution in [0, 0.1) is 5.92 Å². The molecule has 1 amide bonds. The number of hydrogen-bond donors (Lipinski definition) is 2. The van der Waals surface area contributed by atoms with Crippen molar-refractivity contribution in [2.24, 2.45) is 5.92 Å². The molecule has 1 saturated carbocycles. The molecule has 1 aliphatic rings. The quantitative estimate of drug-likeness (QED) is 0.849. The summed E-state index contributed by atoms with van der Waals surface area (Å²) in [7, 11) is 0. The normalized spacial score (nSPS) is 20.4. The number of amides is 1. The molecule has 0 unspecified atom stereocenters. The van der Waals surface area contributed by atoms with E-state index in [2.05, 4.69) is 27.0 Å². The Bertz CT molecular complexity index is 618. The number of rotatable bonds is 6. The number of carbonyl (C=O) groups excluding carboxylic acids is 1. The molecule has 3 rings (SSSR count). The Balaban J connectivity index is 1.50. The van der Waals surface area contributed by atoms with Crippen molar-refractivity contribution >= 4 is 5.91 Å². The molecule has 0 aliphatic heterocycles. The lowest BCUT2D eigenvalue weighted by Crippen LogP contribution is -2.41. The number of nitrogens with zero attached hydrogens (tertiary/aromatic N) is 2. The number of benzene rings is 1. The lowest BCUT2D eigenvalue weighted by Gasteiger charge is -2.29. The van der Waals surface area contributed by atoms with Crippen molar-refractivity contribution in [1.29, 1.82) is 0 Å². The van der Waals surface area contributed by atoms with Gasteiger partial charge in [-0.2, -0.15) is 0 Å². The first-order valence-electron chi connectivity index (χ1n) is 7.72. The first-order chi connectivity index (χ1) is 10.7. The summed E-state index contributed by atoms with van der Waals surface area (Å²) >= 11 is 0. The van der Waals surface area contributed by atoms with Crippen molar-refractivity contribution < 1.29 is 9.90 Å². The average molecular weight is 299 g/mol. The fraction of sp³-hybridized carbons (Fsp3) is 0.412. The number of nitrogens with one attached hydrogen (secondary N) is 1. The molecule has 2 N–H and O–H groups in total. The van der Waals surface area contributed by atoms with Crippen molar-refractivity contribution in [3.8, 4) is 0 Å².